The zero-order valence-electron chi connectivity index (χ0n) is 19.5. The van der Waals surface area contributed by atoms with Crippen LogP contribution >= 0.6 is 0 Å². The number of nitrogens with zero attached hydrogens (tertiary/aromatic N) is 2. The summed E-state index contributed by atoms with van der Waals surface area (Å²) in [7, 11) is 0. The summed E-state index contributed by atoms with van der Waals surface area (Å²) < 4.78 is 17.1. The second-order valence-electron chi connectivity index (χ2n) is 8.17. The van der Waals surface area contributed by atoms with E-state index in [0.717, 1.165) is 0 Å². The van der Waals surface area contributed by atoms with Gasteiger partial charge >= 0.3 is 6.03 Å². The minimum Gasteiger partial charge on any atom is -0.490 e. The van der Waals surface area contributed by atoms with Gasteiger partial charge in [0, 0.05) is 24.7 Å². The molecular formula is C23H33N3O6. The van der Waals surface area contributed by atoms with Gasteiger partial charge in [0.15, 0.2) is 11.5 Å². The SMILES string of the molecule is CCOc1cc(C(=O)N2CCC3(CC2)NC(=O)N(C(C)C)C3=O)cc(OCC)c1OCC. The Kier molecular flexibility index (Phi) is 7.16. The van der Waals surface area contributed by atoms with E-state index in [2.05, 4.69) is 5.32 Å². The molecule has 3 rings (SSSR count). The first-order valence-electron chi connectivity index (χ1n) is 11.3. The zero-order chi connectivity index (χ0) is 23.5. The van der Waals surface area contributed by atoms with Crippen molar-refractivity contribution in [3.05, 3.63) is 17.7 Å². The number of amides is 4. The molecule has 1 aromatic rings. The van der Waals surface area contributed by atoms with Crippen LogP contribution in [0.1, 0.15) is 57.8 Å². The number of hydrogen-bond donors (Lipinski definition) is 1. The summed E-state index contributed by atoms with van der Waals surface area (Å²) in [6.07, 6.45) is 0.750. The Bertz CT molecular complexity index is 849. The lowest BCUT2D eigenvalue weighted by Gasteiger charge is -2.37. The minimum absolute atomic E-state index is 0.178. The molecule has 1 N–H and O–H groups in total. The highest BCUT2D eigenvalue weighted by molar-refractivity contribution is 6.07. The van der Waals surface area contributed by atoms with E-state index in [-0.39, 0.29) is 23.9 Å². The number of urea groups is 1. The molecule has 4 amide bonds. The monoisotopic (exact) mass is 447 g/mol. The van der Waals surface area contributed by atoms with Gasteiger partial charge in [0.2, 0.25) is 5.75 Å². The molecule has 2 aliphatic rings. The third-order valence-corrected chi connectivity index (χ3v) is 5.77. The number of carbonyl (C=O) groups is 3. The van der Waals surface area contributed by atoms with Crippen LogP contribution in [-0.2, 0) is 4.79 Å². The number of piperidine rings is 1. The number of carbonyl (C=O) groups excluding carboxylic acids is 3. The summed E-state index contributed by atoms with van der Waals surface area (Å²) in [5, 5.41) is 2.87. The van der Waals surface area contributed by atoms with E-state index in [0.29, 0.717) is 68.6 Å². The Hall–Kier alpha value is -2.97. The first kappa shape index (κ1) is 23.7. The standard InChI is InChI=1S/C23H33N3O6/c1-6-30-17-13-16(14-18(31-7-2)19(17)32-8-3)20(27)25-11-9-23(10-12-25)21(28)26(15(4)5)22(29)24-23/h13-15H,6-12H2,1-5H3,(H,24,29). The smallest absolute Gasteiger partial charge is 0.325 e. The molecule has 9 nitrogen and oxygen atoms in total. The van der Waals surface area contributed by atoms with Crippen molar-refractivity contribution in [2.75, 3.05) is 32.9 Å². The molecule has 0 unspecified atom stereocenters. The van der Waals surface area contributed by atoms with E-state index in [4.69, 9.17) is 14.2 Å². The van der Waals surface area contributed by atoms with Gasteiger partial charge in [-0.3, -0.25) is 14.5 Å². The number of nitrogens with one attached hydrogen (secondary N) is 1. The van der Waals surface area contributed by atoms with Crippen LogP contribution < -0.4 is 19.5 Å². The summed E-state index contributed by atoms with van der Waals surface area (Å²) in [6, 6.07) is 2.78. The lowest BCUT2D eigenvalue weighted by Crippen LogP contribution is -2.56. The zero-order valence-corrected chi connectivity index (χ0v) is 19.5. The molecular weight excluding hydrogens is 414 g/mol. The van der Waals surface area contributed by atoms with Gasteiger partial charge in [0.25, 0.3) is 11.8 Å². The van der Waals surface area contributed by atoms with Gasteiger partial charge < -0.3 is 24.4 Å². The van der Waals surface area contributed by atoms with Crippen molar-refractivity contribution in [1.29, 1.82) is 0 Å². The Morgan fingerprint density at radius 3 is 1.97 bits per heavy atom. The van der Waals surface area contributed by atoms with Crippen molar-refractivity contribution < 1.29 is 28.6 Å². The van der Waals surface area contributed by atoms with Crippen LogP contribution in [0.15, 0.2) is 12.1 Å². The fraction of sp³-hybridized carbons (Fsp3) is 0.609. The summed E-state index contributed by atoms with van der Waals surface area (Å²) in [4.78, 5) is 41.5. The van der Waals surface area contributed by atoms with E-state index >= 15 is 0 Å². The van der Waals surface area contributed by atoms with Crippen LogP contribution in [0.4, 0.5) is 4.79 Å². The molecule has 0 radical (unpaired) electrons. The topological polar surface area (TPSA) is 97.4 Å². The van der Waals surface area contributed by atoms with Gasteiger partial charge in [-0.2, -0.15) is 0 Å². The normalized spacial score (nSPS) is 17.7. The molecule has 176 valence electrons. The molecule has 2 heterocycles. The van der Waals surface area contributed by atoms with Crippen molar-refractivity contribution in [3.8, 4) is 17.2 Å². The maximum Gasteiger partial charge on any atom is 0.325 e. The van der Waals surface area contributed by atoms with Crippen LogP contribution in [0, 0.1) is 0 Å². The molecule has 0 aliphatic carbocycles. The van der Waals surface area contributed by atoms with Crippen LogP contribution in [0.25, 0.3) is 0 Å². The second-order valence-corrected chi connectivity index (χ2v) is 8.17. The van der Waals surface area contributed by atoms with Crippen molar-refractivity contribution in [1.82, 2.24) is 15.1 Å². The lowest BCUT2D eigenvalue weighted by atomic mass is 9.87. The van der Waals surface area contributed by atoms with Crippen LogP contribution in [-0.4, -0.2) is 72.1 Å². The van der Waals surface area contributed by atoms with Gasteiger partial charge in [0.1, 0.15) is 5.54 Å². The maximum absolute atomic E-state index is 13.3. The first-order chi connectivity index (χ1) is 15.3. The van der Waals surface area contributed by atoms with Crippen molar-refractivity contribution in [2.24, 2.45) is 0 Å². The Morgan fingerprint density at radius 2 is 1.53 bits per heavy atom. The summed E-state index contributed by atoms with van der Waals surface area (Å²) in [6.45, 7) is 11.2. The number of ether oxygens (including phenoxy) is 3. The van der Waals surface area contributed by atoms with Crippen molar-refractivity contribution >= 4 is 17.8 Å². The minimum atomic E-state index is -0.927. The van der Waals surface area contributed by atoms with E-state index < -0.39 is 5.54 Å². The fourth-order valence-corrected chi connectivity index (χ4v) is 4.24. The van der Waals surface area contributed by atoms with E-state index in [1.54, 1.807) is 17.0 Å². The number of imide groups is 1. The molecule has 0 aromatic heterocycles. The molecule has 9 heteroatoms. The predicted molar refractivity (Wildman–Crippen MR) is 118 cm³/mol. The predicted octanol–water partition coefficient (Wildman–Crippen LogP) is 2.82. The molecule has 32 heavy (non-hydrogen) atoms. The molecule has 0 bridgehead atoms. The fourth-order valence-electron chi connectivity index (χ4n) is 4.24. The summed E-state index contributed by atoms with van der Waals surface area (Å²) in [5.41, 5.74) is -0.494. The summed E-state index contributed by atoms with van der Waals surface area (Å²) in [5.74, 6) is 1.02. The highest BCUT2D eigenvalue weighted by atomic mass is 16.5. The quantitative estimate of drug-likeness (QED) is 0.616. The highest BCUT2D eigenvalue weighted by Crippen LogP contribution is 2.40. The molecule has 1 aromatic carbocycles. The average Bonchev–Trinajstić information content (AvgIpc) is 2.99. The first-order valence-corrected chi connectivity index (χ1v) is 11.3. The third-order valence-electron chi connectivity index (χ3n) is 5.77. The average molecular weight is 448 g/mol. The van der Waals surface area contributed by atoms with Gasteiger partial charge in [-0.25, -0.2) is 4.79 Å². The molecule has 0 saturated carbocycles. The van der Waals surface area contributed by atoms with Crippen LogP contribution in [0.5, 0.6) is 17.2 Å². The van der Waals surface area contributed by atoms with Crippen molar-refractivity contribution in [2.45, 2.75) is 59.0 Å². The molecule has 0 atom stereocenters. The second kappa shape index (κ2) is 9.67. The van der Waals surface area contributed by atoms with Gasteiger partial charge in [0.05, 0.1) is 19.8 Å². The van der Waals surface area contributed by atoms with Crippen molar-refractivity contribution in [3.63, 3.8) is 0 Å². The maximum atomic E-state index is 13.3. The van der Waals surface area contributed by atoms with Gasteiger partial charge in [-0.05, 0) is 59.6 Å². The van der Waals surface area contributed by atoms with E-state index in [1.165, 1.54) is 4.90 Å². The Balaban J connectivity index is 1.80. The number of rotatable bonds is 8. The number of hydrogen-bond acceptors (Lipinski definition) is 6. The Labute approximate surface area is 189 Å². The van der Waals surface area contributed by atoms with E-state index in [1.807, 2.05) is 34.6 Å². The van der Waals surface area contributed by atoms with Gasteiger partial charge in [-0.1, -0.05) is 0 Å². The van der Waals surface area contributed by atoms with E-state index in [9.17, 15) is 14.4 Å². The molecule has 2 saturated heterocycles. The lowest BCUT2D eigenvalue weighted by molar-refractivity contribution is -0.133. The third kappa shape index (κ3) is 4.33. The highest BCUT2D eigenvalue weighted by Gasteiger charge is 2.53. The summed E-state index contributed by atoms with van der Waals surface area (Å²) >= 11 is 0. The Morgan fingerprint density at radius 1 is 1.00 bits per heavy atom. The number of benzene rings is 1. The molecule has 1 spiro atoms. The van der Waals surface area contributed by atoms with Gasteiger partial charge in [-0.15, -0.1) is 0 Å². The largest absolute Gasteiger partial charge is 0.490 e. The molecule has 2 aliphatic heterocycles. The van der Waals surface area contributed by atoms with Crippen LogP contribution in [0.2, 0.25) is 0 Å². The molecule has 2 fully saturated rings. The number of likely N-dealkylation sites (tertiary alicyclic amines) is 1. The van der Waals surface area contributed by atoms with Crippen LogP contribution in [0.3, 0.4) is 0 Å².